The van der Waals surface area contributed by atoms with Crippen molar-refractivity contribution in [2.24, 2.45) is 0 Å². The largest absolute Gasteiger partial charge is 0.459 e. The van der Waals surface area contributed by atoms with E-state index in [0.717, 1.165) is 46.5 Å². The molecule has 0 saturated carbocycles. The molecule has 5 rings (SSSR count). The molecule has 8 heteroatoms. The number of thioether (sulfide) groups is 1. The molecule has 0 aromatic heterocycles. The van der Waals surface area contributed by atoms with Crippen LogP contribution < -0.4 is 19.1 Å². The molecule has 0 N–H and O–H groups in total. The molecule has 0 amide bonds. The molecule has 0 bridgehead atoms. The average Bonchev–Trinajstić information content (AvgIpc) is 3.27. The van der Waals surface area contributed by atoms with Crippen molar-refractivity contribution in [3.05, 3.63) is 72.3 Å². The van der Waals surface area contributed by atoms with Crippen molar-refractivity contribution in [3.8, 4) is 23.0 Å². The molecule has 3 aromatic rings. The Morgan fingerprint density at radius 3 is 2.61 bits per heavy atom. The third-order valence-electron chi connectivity index (χ3n) is 6.10. The zero-order valence-electron chi connectivity index (χ0n) is 20.7. The van der Waals surface area contributed by atoms with Crippen LogP contribution >= 0.6 is 11.8 Å². The number of para-hydroxylation sites is 1. The van der Waals surface area contributed by atoms with Gasteiger partial charge in [-0.2, -0.15) is 0 Å². The Morgan fingerprint density at radius 1 is 1.03 bits per heavy atom. The maximum Gasteiger partial charge on any atom is 0.303 e. The summed E-state index contributed by atoms with van der Waals surface area (Å²) in [6, 6.07) is 21.9. The van der Waals surface area contributed by atoms with Gasteiger partial charge in [-0.05, 0) is 62.1 Å². The second-order valence-corrected chi connectivity index (χ2v) is 10.3. The zero-order valence-corrected chi connectivity index (χ0v) is 21.5. The van der Waals surface area contributed by atoms with Gasteiger partial charge in [0.05, 0.1) is 17.5 Å². The fourth-order valence-corrected chi connectivity index (χ4v) is 5.73. The van der Waals surface area contributed by atoms with Gasteiger partial charge < -0.3 is 28.7 Å². The Kier molecular flexibility index (Phi) is 7.25. The Labute approximate surface area is 215 Å². The lowest BCUT2D eigenvalue weighted by Gasteiger charge is -2.30. The van der Waals surface area contributed by atoms with E-state index in [4.69, 9.17) is 18.9 Å². The van der Waals surface area contributed by atoms with Crippen molar-refractivity contribution in [1.29, 1.82) is 0 Å². The van der Waals surface area contributed by atoms with Crippen molar-refractivity contribution < 1.29 is 23.7 Å². The molecule has 0 saturated heterocycles. The van der Waals surface area contributed by atoms with Crippen LogP contribution in [0.3, 0.4) is 0 Å². The van der Waals surface area contributed by atoms with Gasteiger partial charge >= 0.3 is 5.97 Å². The van der Waals surface area contributed by atoms with Gasteiger partial charge in [-0.1, -0.05) is 24.3 Å². The van der Waals surface area contributed by atoms with Gasteiger partial charge in [0.25, 0.3) is 0 Å². The molecule has 2 unspecified atom stereocenters. The highest BCUT2D eigenvalue weighted by Crippen LogP contribution is 2.49. The second-order valence-electron chi connectivity index (χ2n) is 9.09. The van der Waals surface area contributed by atoms with Gasteiger partial charge in [-0.25, -0.2) is 0 Å². The predicted octanol–water partition coefficient (Wildman–Crippen LogP) is 5.35. The first-order chi connectivity index (χ1) is 17.5. The number of likely N-dealkylation sites (N-methyl/N-ethyl adjacent to an activating group) is 1. The van der Waals surface area contributed by atoms with Crippen LogP contribution in [0.4, 0.5) is 5.69 Å². The zero-order chi connectivity index (χ0) is 25.1. The van der Waals surface area contributed by atoms with E-state index in [2.05, 4.69) is 36.0 Å². The highest BCUT2D eigenvalue weighted by Gasteiger charge is 2.35. The summed E-state index contributed by atoms with van der Waals surface area (Å²) < 4.78 is 23.2. The second kappa shape index (κ2) is 10.7. The fraction of sp³-hybridized carbons (Fsp3) is 0.321. The number of carbonyl (C=O) groups is 1. The molecule has 0 radical (unpaired) electrons. The number of nitrogens with zero attached hydrogens (tertiary/aromatic N) is 2. The van der Waals surface area contributed by atoms with Crippen LogP contribution in [0.5, 0.6) is 23.0 Å². The standard InChI is InChI=1S/C28H30N2O5S/c1-19(31)34-26-17-30(14-13-29(2)3)23-11-10-22(35-21-7-5-4-6-8-21)16-27(23)36-28(26)20-9-12-24-25(15-20)33-18-32-24/h4-12,15-16,26,28H,13-14,17-18H2,1-3H3. The first kappa shape index (κ1) is 24.3. The molecule has 7 nitrogen and oxygen atoms in total. The summed E-state index contributed by atoms with van der Waals surface area (Å²) in [4.78, 5) is 17.7. The molecule has 0 aliphatic carbocycles. The van der Waals surface area contributed by atoms with E-state index < -0.39 is 0 Å². The summed E-state index contributed by atoms with van der Waals surface area (Å²) in [5, 5.41) is -0.140. The molecule has 2 aliphatic heterocycles. The van der Waals surface area contributed by atoms with Crippen LogP contribution in [0.1, 0.15) is 17.7 Å². The number of rotatable bonds is 7. The van der Waals surface area contributed by atoms with E-state index in [0.29, 0.717) is 12.3 Å². The van der Waals surface area contributed by atoms with Gasteiger partial charge in [-0.3, -0.25) is 4.79 Å². The molecule has 0 spiro atoms. The van der Waals surface area contributed by atoms with E-state index in [1.165, 1.54) is 6.92 Å². The Balaban J connectivity index is 1.53. The number of carbonyl (C=O) groups excluding carboxylic acids is 1. The number of anilines is 1. The number of hydrogen-bond donors (Lipinski definition) is 0. The normalized spacial score (nSPS) is 18.5. The summed E-state index contributed by atoms with van der Waals surface area (Å²) in [5.41, 5.74) is 2.12. The van der Waals surface area contributed by atoms with E-state index >= 15 is 0 Å². The van der Waals surface area contributed by atoms with Gasteiger partial charge in [0.2, 0.25) is 6.79 Å². The summed E-state index contributed by atoms with van der Waals surface area (Å²) in [7, 11) is 4.12. The molecule has 0 fully saturated rings. The molecule has 2 heterocycles. The SMILES string of the molecule is CC(=O)OC1CN(CCN(C)C)c2ccc(Oc3ccccc3)cc2SC1c1ccc2c(c1)OCO2. The molecule has 3 aromatic carbocycles. The van der Waals surface area contributed by atoms with Crippen LogP contribution in [-0.4, -0.2) is 57.5 Å². The van der Waals surface area contributed by atoms with E-state index in [9.17, 15) is 4.79 Å². The maximum atomic E-state index is 12.2. The van der Waals surface area contributed by atoms with E-state index in [1.54, 1.807) is 11.8 Å². The lowest BCUT2D eigenvalue weighted by molar-refractivity contribution is -0.145. The van der Waals surface area contributed by atoms with Crippen LogP contribution in [0.15, 0.2) is 71.6 Å². The van der Waals surface area contributed by atoms with Crippen LogP contribution in [0.2, 0.25) is 0 Å². The summed E-state index contributed by atoms with van der Waals surface area (Å²) in [5.74, 6) is 2.69. The minimum Gasteiger partial charge on any atom is -0.459 e. The van der Waals surface area contributed by atoms with Crippen LogP contribution in [0, 0.1) is 0 Å². The van der Waals surface area contributed by atoms with E-state index in [1.807, 2.05) is 54.6 Å². The number of fused-ring (bicyclic) bond motifs is 2. The molecule has 2 atom stereocenters. The lowest BCUT2D eigenvalue weighted by atomic mass is 10.1. The molecule has 188 valence electrons. The lowest BCUT2D eigenvalue weighted by Crippen LogP contribution is -2.39. The monoisotopic (exact) mass is 506 g/mol. The first-order valence-corrected chi connectivity index (χ1v) is 12.8. The molecule has 2 aliphatic rings. The summed E-state index contributed by atoms with van der Waals surface area (Å²) in [6.07, 6.45) is -0.360. The minimum absolute atomic E-state index is 0.140. The minimum atomic E-state index is -0.360. The Bertz CT molecular complexity index is 1220. The Hall–Kier alpha value is -3.36. The summed E-state index contributed by atoms with van der Waals surface area (Å²) in [6.45, 7) is 3.92. The Morgan fingerprint density at radius 2 is 1.83 bits per heavy atom. The van der Waals surface area contributed by atoms with Crippen molar-refractivity contribution >= 4 is 23.4 Å². The topological polar surface area (TPSA) is 60.5 Å². The smallest absolute Gasteiger partial charge is 0.303 e. The number of hydrogen-bond acceptors (Lipinski definition) is 8. The van der Waals surface area contributed by atoms with Crippen molar-refractivity contribution in [2.75, 3.05) is 45.4 Å². The number of ether oxygens (including phenoxy) is 4. The van der Waals surface area contributed by atoms with E-state index in [-0.39, 0.29) is 24.1 Å². The quantitative estimate of drug-likeness (QED) is 0.397. The number of esters is 1. The third-order valence-corrected chi connectivity index (χ3v) is 7.51. The highest BCUT2D eigenvalue weighted by atomic mass is 32.2. The first-order valence-electron chi connectivity index (χ1n) is 12.0. The van der Waals surface area contributed by atoms with Crippen molar-refractivity contribution in [2.45, 2.75) is 23.2 Å². The molecular weight excluding hydrogens is 476 g/mol. The highest BCUT2D eigenvalue weighted by molar-refractivity contribution is 7.99. The van der Waals surface area contributed by atoms with Gasteiger partial charge in [0.15, 0.2) is 11.5 Å². The third kappa shape index (κ3) is 5.55. The van der Waals surface area contributed by atoms with Crippen LogP contribution in [0.25, 0.3) is 0 Å². The molecular formula is C28H30N2O5S. The van der Waals surface area contributed by atoms with Gasteiger partial charge in [0, 0.05) is 24.9 Å². The maximum absolute atomic E-state index is 12.2. The fourth-order valence-electron chi connectivity index (χ4n) is 4.38. The van der Waals surface area contributed by atoms with Gasteiger partial charge in [-0.15, -0.1) is 11.8 Å². The summed E-state index contributed by atoms with van der Waals surface area (Å²) >= 11 is 1.68. The van der Waals surface area contributed by atoms with Gasteiger partial charge in [0.1, 0.15) is 17.6 Å². The molecule has 36 heavy (non-hydrogen) atoms. The van der Waals surface area contributed by atoms with Crippen molar-refractivity contribution in [1.82, 2.24) is 4.90 Å². The number of benzene rings is 3. The van der Waals surface area contributed by atoms with Crippen molar-refractivity contribution in [3.63, 3.8) is 0 Å². The predicted molar refractivity (Wildman–Crippen MR) is 140 cm³/mol. The average molecular weight is 507 g/mol. The van der Waals surface area contributed by atoms with Crippen LogP contribution in [-0.2, 0) is 9.53 Å².